The van der Waals surface area contributed by atoms with Crippen LogP contribution in [0.15, 0.2) is 6.07 Å². The van der Waals surface area contributed by atoms with Crippen molar-refractivity contribution in [1.29, 1.82) is 0 Å². The van der Waals surface area contributed by atoms with Gasteiger partial charge in [0.1, 0.15) is 18.2 Å². The van der Waals surface area contributed by atoms with Crippen molar-refractivity contribution < 1.29 is 9.53 Å². The average molecular weight is 282 g/mol. The standard InChI is InChI=1S/C12H22N6O2/c1-4-20-6-10-16-8(5-9(17-10)18-14)15-7-12(2,3)11(13)19/h5H,4,6-7,14H2,1-3H3,(H2,13,19)(H2,15,16,17,18). The molecule has 0 aliphatic carbocycles. The molecule has 0 spiro atoms. The lowest BCUT2D eigenvalue weighted by molar-refractivity contribution is -0.125. The number of amides is 1. The van der Waals surface area contributed by atoms with Gasteiger partial charge in [-0.15, -0.1) is 0 Å². The third kappa shape index (κ3) is 4.63. The molecule has 0 radical (unpaired) electrons. The van der Waals surface area contributed by atoms with Crippen molar-refractivity contribution in [2.45, 2.75) is 27.4 Å². The van der Waals surface area contributed by atoms with Gasteiger partial charge in [0.05, 0.1) is 5.41 Å². The number of rotatable bonds is 8. The van der Waals surface area contributed by atoms with Gasteiger partial charge in [0.25, 0.3) is 0 Å². The average Bonchev–Trinajstić information content (AvgIpc) is 2.42. The number of nitrogen functional groups attached to an aromatic ring is 1. The lowest BCUT2D eigenvalue weighted by atomic mass is 9.93. The summed E-state index contributed by atoms with van der Waals surface area (Å²) in [6.07, 6.45) is 0. The van der Waals surface area contributed by atoms with Crippen molar-refractivity contribution in [1.82, 2.24) is 9.97 Å². The van der Waals surface area contributed by atoms with Gasteiger partial charge in [0, 0.05) is 19.2 Å². The quantitative estimate of drug-likeness (QED) is 0.396. The van der Waals surface area contributed by atoms with Crippen LogP contribution in [0.2, 0.25) is 0 Å². The highest BCUT2D eigenvalue weighted by atomic mass is 16.5. The first-order valence-electron chi connectivity index (χ1n) is 6.35. The second-order valence-electron chi connectivity index (χ2n) is 4.94. The fourth-order valence-electron chi connectivity index (χ4n) is 1.32. The van der Waals surface area contributed by atoms with Crippen LogP contribution in [0.5, 0.6) is 0 Å². The van der Waals surface area contributed by atoms with Gasteiger partial charge in [0.2, 0.25) is 5.91 Å². The minimum absolute atomic E-state index is 0.292. The number of nitrogens with one attached hydrogen (secondary N) is 2. The zero-order chi connectivity index (χ0) is 15.2. The van der Waals surface area contributed by atoms with E-state index in [0.717, 1.165) is 0 Å². The summed E-state index contributed by atoms with van der Waals surface area (Å²) in [6.45, 7) is 6.62. The summed E-state index contributed by atoms with van der Waals surface area (Å²) in [5.41, 5.74) is 7.11. The van der Waals surface area contributed by atoms with Crippen LogP contribution in [0.25, 0.3) is 0 Å². The molecule has 0 aliphatic rings. The number of anilines is 2. The monoisotopic (exact) mass is 282 g/mol. The number of nitrogens with two attached hydrogens (primary N) is 2. The summed E-state index contributed by atoms with van der Waals surface area (Å²) in [5, 5.41) is 3.05. The molecule has 6 N–H and O–H groups in total. The van der Waals surface area contributed by atoms with E-state index in [4.69, 9.17) is 16.3 Å². The van der Waals surface area contributed by atoms with Crippen LogP contribution < -0.4 is 22.3 Å². The number of nitrogens with zero attached hydrogens (tertiary/aromatic N) is 2. The SMILES string of the molecule is CCOCc1nc(NN)cc(NCC(C)(C)C(N)=O)n1. The zero-order valence-corrected chi connectivity index (χ0v) is 12.1. The van der Waals surface area contributed by atoms with E-state index in [1.54, 1.807) is 19.9 Å². The zero-order valence-electron chi connectivity index (χ0n) is 12.1. The minimum atomic E-state index is -0.679. The van der Waals surface area contributed by atoms with Crippen LogP contribution in [0, 0.1) is 5.41 Å². The molecule has 1 rings (SSSR count). The first-order chi connectivity index (χ1) is 9.39. The fraction of sp³-hybridized carbons (Fsp3) is 0.583. The van der Waals surface area contributed by atoms with Crippen molar-refractivity contribution in [2.24, 2.45) is 17.0 Å². The Hall–Kier alpha value is -1.93. The molecule has 0 unspecified atom stereocenters. The maximum absolute atomic E-state index is 11.3. The van der Waals surface area contributed by atoms with Crippen LogP contribution in [0.3, 0.4) is 0 Å². The number of hydrogen-bond donors (Lipinski definition) is 4. The number of hydrogen-bond acceptors (Lipinski definition) is 7. The van der Waals surface area contributed by atoms with Crippen molar-refractivity contribution in [3.63, 3.8) is 0 Å². The molecule has 20 heavy (non-hydrogen) atoms. The third-order valence-corrected chi connectivity index (χ3v) is 2.73. The van der Waals surface area contributed by atoms with Crippen LogP contribution in [0.1, 0.15) is 26.6 Å². The molecular formula is C12H22N6O2. The number of ether oxygens (including phenoxy) is 1. The Morgan fingerprint density at radius 3 is 2.60 bits per heavy atom. The molecule has 1 amide bonds. The largest absolute Gasteiger partial charge is 0.374 e. The topological polar surface area (TPSA) is 128 Å². The molecule has 8 nitrogen and oxygen atoms in total. The second kappa shape index (κ2) is 7.01. The van der Waals surface area contributed by atoms with Crippen molar-refractivity contribution in [3.05, 3.63) is 11.9 Å². The maximum atomic E-state index is 11.3. The summed E-state index contributed by atoms with van der Waals surface area (Å²) in [7, 11) is 0. The Labute approximate surface area is 118 Å². The Morgan fingerprint density at radius 2 is 2.05 bits per heavy atom. The van der Waals surface area contributed by atoms with Gasteiger partial charge in [-0.1, -0.05) is 0 Å². The van der Waals surface area contributed by atoms with Gasteiger partial charge in [-0.05, 0) is 20.8 Å². The summed E-state index contributed by atoms with van der Waals surface area (Å²) >= 11 is 0. The van der Waals surface area contributed by atoms with E-state index in [0.29, 0.717) is 37.2 Å². The van der Waals surface area contributed by atoms with E-state index in [-0.39, 0.29) is 5.91 Å². The number of carbonyl (C=O) groups excluding carboxylic acids is 1. The van der Waals surface area contributed by atoms with Gasteiger partial charge in [0.15, 0.2) is 5.82 Å². The van der Waals surface area contributed by atoms with E-state index in [9.17, 15) is 4.79 Å². The molecule has 0 saturated carbocycles. The molecule has 0 atom stereocenters. The summed E-state index contributed by atoms with van der Waals surface area (Å²) < 4.78 is 5.26. The second-order valence-corrected chi connectivity index (χ2v) is 4.94. The minimum Gasteiger partial charge on any atom is -0.374 e. The summed E-state index contributed by atoms with van der Waals surface area (Å²) in [6, 6.07) is 1.65. The van der Waals surface area contributed by atoms with E-state index in [1.807, 2.05) is 6.92 Å². The fourth-order valence-corrected chi connectivity index (χ4v) is 1.32. The molecule has 8 heteroatoms. The van der Waals surface area contributed by atoms with Gasteiger partial charge >= 0.3 is 0 Å². The molecule has 112 valence electrons. The van der Waals surface area contributed by atoms with Gasteiger partial charge in [-0.3, -0.25) is 4.79 Å². The maximum Gasteiger partial charge on any atom is 0.224 e. The smallest absolute Gasteiger partial charge is 0.224 e. The Balaban J connectivity index is 2.80. The van der Waals surface area contributed by atoms with Crippen molar-refractivity contribution in [3.8, 4) is 0 Å². The van der Waals surface area contributed by atoms with Crippen molar-refractivity contribution >= 4 is 17.5 Å². The number of carbonyl (C=O) groups is 1. The van der Waals surface area contributed by atoms with Crippen LogP contribution in [0.4, 0.5) is 11.6 Å². The first kappa shape index (κ1) is 16.1. The Kier molecular flexibility index (Phi) is 5.66. The van der Waals surface area contributed by atoms with Gasteiger partial charge in [-0.25, -0.2) is 15.8 Å². The molecule has 0 saturated heterocycles. The van der Waals surface area contributed by atoms with E-state index >= 15 is 0 Å². The van der Waals surface area contributed by atoms with E-state index in [1.165, 1.54) is 0 Å². The van der Waals surface area contributed by atoms with Crippen LogP contribution >= 0.6 is 0 Å². The first-order valence-corrected chi connectivity index (χ1v) is 6.35. The van der Waals surface area contributed by atoms with Crippen LogP contribution in [-0.2, 0) is 16.1 Å². The van der Waals surface area contributed by atoms with Crippen LogP contribution in [-0.4, -0.2) is 29.0 Å². The molecule has 0 aliphatic heterocycles. The summed E-state index contributed by atoms with van der Waals surface area (Å²) in [5.74, 6) is 6.50. The van der Waals surface area contributed by atoms with Gasteiger partial charge < -0.3 is 21.2 Å². The summed E-state index contributed by atoms with van der Waals surface area (Å²) in [4.78, 5) is 19.7. The predicted octanol–water partition coefficient (Wildman–Crippen LogP) is 0.222. The molecule has 1 aromatic rings. The Morgan fingerprint density at radius 1 is 1.40 bits per heavy atom. The van der Waals surface area contributed by atoms with Gasteiger partial charge in [-0.2, -0.15) is 0 Å². The molecule has 1 heterocycles. The molecular weight excluding hydrogens is 260 g/mol. The van der Waals surface area contributed by atoms with E-state index < -0.39 is 5.41 Å². The number of aromatic nitrogens is 2. The van der Waals surface area contributed by atoms with Crippen molar-refractivity contribution in [2.75, 3.05) is 23.9 Å². The molecule has 0 aromatic carbocycles. The highest BCUT2D eigenvalue weighted by Crippen LogP contribution is 2.17. The normalized spacial score (nSPS) is 11.2. The lowest BCUT2D eigenvalue weighted by Crippen LogP contribution is -2.37. The molecule has 0 fully saturated rings. The Bertz CT molecular complexity index is 463. The predicted molar refractivity (Wildman–Crippen MR) is 76.6 cm³/mol. The third-order valence-electron chi connectivity index (χ3n) is 2.73. The highest BCUT2D eigenvalue weighted by molar-refractivity contribution is 5.80. The lowest BCUT2D eigenvalue weighted by Gasteiger charge is -2.21. The highest BCUT2D eigenvalue weighted by Gasteiger charge is 2.24. The number of primary amides is 1. The number of hydrazine groups is 1. The molecule has 0 bridgehead atoms. The van der Waals surface area contributed by atoms with E-state index in [2.05, 4.69) is 20.7 Å². The molecule has 1 aromatic heterocycles.